The van der Waals surface area contributed by atoms with Crippen LogP contribution in [0, 0.1) is 0 Å². The number of anilines is 1. The van der Waals surface area contributed by atoms with Crippen molar-refractivity contribution in [2.75, 3.05) is 25.6 Å². The second kappa shape index (κ2) is 6.80. The van der Waals surface area contributed by atoms with Gasteiger partial charge in [-0.1, -0.05) is 0 Å². The van der Waals surface area contributed by atoms with Crippen molar-refractivity contribution in [2.24, 2.45) is 0 Å². The molecule has 0 saturated carbocycles. The van der Waals surface area contributed by atoms with E-state index in [0.29, 0.717) is 24.7 Å². The second-order valence-electron chi connectivity index (χ2n) is 3.57. The van der Waals surface area contributed by atoms with Crippen molar-refractivity contribution >= 4 is 11.7 Å². The molecule has 0 radical (unpaired) electrons. The van der Waals surface area contributed by atoms with Gasteiger partial charge in [0.25, 0.3) is 5.91 Å². The van der Waals surface area contributed by atoms with Crippen LogP contribution in [0.2, 0.25) is 0 Å². The Kier molecular flexibility index (Phi) is 5.35. The van der Waals surface area contributed by atoms with Crippen LogP contribution in [-0.4, -0.2) is 42.2 Å². The maximum Gasteiger partial charge on any atom is 0.271 e. The Labute approximate surface area is 101 Å². The van der Waals surface area contributed by atoms with E-state index in [4.69, 9.17) is 4.74 Å². The first kappa shape index (κ1) is 13.4. The van der Waals surface area contributed by atoms with Crippen molar-refractivity contribution in [3.63, 3.8) is 0 Å². The van der Waals surface area contributed by atoms with Gasteiger partial charge in [-0.25, -0.2) is 9.97 Å². The molecule has 0 fully saturated rings. The molecule has 0 aromatic carbocycles. The van der Waals surface area contributed by atoms with Gasteiger partial charge < -0.3 is 15.4 Å². The van der Waals surface area contributed by atoms with E-state index in [0.717, 1.165) is 0 Å². The van der Waals surface area contributed by atoms with Crippen molar-refractivity contribution in [1.29, 1.82) is 0 Å². The minimum atomic E-state index is -0.243. The van der Waals surface area contributed by atoms with Gasteiger partial charge >= 0.3 is 0 Å². The third kappa shape index (κ3) is 4.36. The molecule has 1 aromatic rings. The summed E-state index contributed by atoms with van der Waals surface area (Å²) in [5.41, 5.74) is 0.298. The predicted molar refractivity (Wildman–Crippen MR) is 65.0 cm³/mol. The Morgan fingerprint density at radius 1 is 1.47 bits per heavy atom. The number of nitrogens with one attached hydrogen (secondary N) is 2. The summed E-state index contributed by atoms with van der Waals surface area (Å²) in [7, 11) is 1.74. The zero-order valence-corrected chi connectivity index (χ0v) is 10.4. The molecular formula is C11H18N4O2. The molecule has 0 saturated heterocycles. The van der Waals surface area contributed by atoms with E-state index in [1.165, 1.54) is 12.4 Å². The van der Waals surface area contributed by atoms with E-state index < -0.39 is 0 Å². The smallest absolute Gasteiger partial charge is 0.271 e. The number of hydrogen-bond donors (Lipinski definition) is 2. The number of amides is 1. The molecule has 0 aliphatic heterocycles. The lowest BCUT2D eigenvalue weighted by Crippen LogP contribution is -2.36. The van der Waals surface area contributed by atoms with Gasteiger partial charge in [0.15, 0.2) is 0 Å². The molecule has 1 heterocycles. The highest BCUT2D eigenvalue weighted by atomic mass is 16.5. The molecule has 0 aliphatic carbocycles. The monoisotopic (exact) mass is 238 g/mol. The normalized spacial score (nSPS) is 11.9. The lowest BCUT2D eigenvalue weighted by atomic mass is 10.3. The van der Waals surface area contributed by atoms with E-state index >= 15 is 0 Å². The number of carbonyl (C=O) groups is 1. The Morgan fingerprint density at radius 3 is 2.76 bits per heavy atom. The number of rotatable bonds is 6. The van der Waals surface area contributed by atoms with Crippen molar-refractivity contribution in [3.8, 4) is 0 Å². The molecule has 1 amide bonds. The SMILES string of the molecule is CCOCC(C)NC(=O)c1cnc(NC)cn1. The molecule has 94 valence electrons. The fraction of sp³-hybridized carbons (Fsp3) is 0.545. The molecule has 0 spiro atoms. The molecule has 1 rings (SSSR count). The Balaban J connectivity index is 2.51. The van der Waals surface area contributed by atoms with Crippen LogP contribution in [0.1, 0.15) is 24.3 Å². The lowest BCUT2D eigenvalue weighted by Gasteiger charge is -2.13. The summed E-state index contributed by atoms with van der Waals surface area (Å²) >= 11 is 0. The summed E-state index contributed by atoms with van der Waals surface area (Å²) in [6, 6.07) is -0.0479. The van der Waals surface area contributed by atoms with Gasteiger partial charge in [0, 0.05) is 19.7 Å². The Bertz CT molecular complexity index is 353. The van der Waals surface area contributed by atoms with E-state index in [-0.39, 0.29) is 11.9 Å². The molecule has 6 nitrogen and oxygen atoms in total. The van der Waals surface area contributed by atoms with Crippen molar-refractivity contribution in [3.05, 3.63) is 18.1 Å². The highest BCUT2D eigenvalue weighted by Crippen LogP contribution is 2.00. The third-order valence-corrected chi connectivity index (χ3v) is 2.09. The van der Waals surface area contributed by atoms with Crippen LogP contribution in [0.4, 0.5) is 5.82 Å². The molecule has 0 aliphatic rings. The van der Waals surface area contributed by atoms with Crippen molar-refractivity contribution < 1.29 is 9.53 Å². The molecule has 0 bridgehead atoms. The molecule has 1 aromatic heterocycles. The Morgan fingerprint density at radius 2 is 2.24 bits per heavy atom. The molecular weight excluding hydrogens is 220 g/mol. The van der Waals surface area contributed by atoms with Crippen LogP contribution in [0.15, 0.2) is 12.4 Å². The van der Waals surface area contributed by atoms with Crippen molar-refractivity contribution in [1.82, 2.24) is 15.3 Å². The summed E-state index contributed by atoms with van der Waals surface area (Å²) in [5, 5.41) is 5.62. The molecule has 2 N–H and O–H groups in total. The van der Waals surface area contributed by atoms with Crippen molar-refractivity contribution in [2.45, 2.75) is 19.9 Å². The molecule has 1 atom stereocenters. The number of aromatic nitrogens is 2. The third-order valence-electron chi connectivity index (χ3n) is 2.09. The van der Waals surface area contributed by atoms with Crippen LogP contribution in [0.25, 0.3) is 0 Å². The highest BCUT2D eigenvalue weighted by molar-refractivity contribution is 5.92. The molecule has 6 heteroatoms. The summed E-state index contributed by atoms with van der Waals surface area (Å²) in [6.45, 7) is 4.92. The van der Waals surface area contributed by atoms with E-state index in [2.05, 4.69) is 20.6 Å². The quantitative estimate of drug-likeness (QED) is 0.762. The Hall–Kier alpha value is -1.69. The maximum absolute atomic E-state index is 11.7. The number of hydrogen-bond acceptors (Lipinski definition) is 5. The number of carbonyl (C=O) groups excluding carboxylic acids is 1. The van der Waals surface area contributed by atoms with Crippen LogP contribution in [0.5, 0.6) is 0 Å². The fourth-order valence-electron chi connectivity index (χ4n) is 1.21. The zero-order chi connectivity index (χ0) is 12.7. The van der Waals surface area contributed by atoms with Gasteiger partial charge in [-0.3, -0.25) is 4.79 Å². The molecule has 1 unspecified atom stereocenters. The van der Waals surface area contributed by atoms with E-state index in [1.54, 1.807) is 7.05 Å². The fourth-order valence-corrected chi connectivity index (χ4v) is 1.21. The predicted octanol–water partition coefficient (Wildman–Crippen LogP) is 0.673. The lowest BCUT2D eigenvalue weighted by molar-refractivity contribution is 0.0867. The highest BCUT2D eigenvalue weighted by Gasteiger charge is 2.11. The number of nitrogens with zero attached hydrogens (tertiary/aromatic N) is 2. The van der Waals surface area contributed by atoms with Crippen LogP contribution >= 0.6 is 0 Å². The second-order valence-corrected chi connectivity index (χ2v) is 3.57. The first-order valence-corrected chi connectivity index (χ1v) is 5.55. The summed E-state index contributed by atoms with van der Waals surface area (Å²) in [4.78, 5) is 19.8. The van der Waals surface area contributed by atoms with E-state index in [1.807, 2.05) is 13.8 Å². The standard InChI is InChI=1S/C11H18N4O2/c1-4-17-7-8(2)15-11(16)9-5-14-10(12-3)6-13-9/h5-6,8H,4,7H2,1-3H3,(H,12,14)(H,15,16). The van der Waals surface area contributed by atoms with Gasteiger partial charge in [-0.05, 0) is 13.8 Å². The summed E-state index contributed by atoms with van der Waals surface area (Å²) < 4.78 is 5.21. The van der Waals surface area contributed by atoms with E-state index in [9.17, 15) is 4.79 Å². The average Bonchev–Trinajstić information content (AvgIpc) is 2.36. The van der Waals surface area contributed by atoms with Crippen LogP contribution in [0.3, 0.4) is 0 Å². The van der Waals surface area contributed by atoms with Gasteiger partial charge in [0.05, 0.1) is 19.0 Å². The largest absolute Gasteiger partial charge is 0.380 e. The van der Waals surface area contributed by atoms with Crippen LogP contribution < -0.4 is 10.6 Å². The number of ether oxygens (including phenoxy) is 1. The summed E-state index contributed by atoms with van der Waals surface area (Å²) in [5.74, 6) is 0.385. The van der Waals surface area contributed by atoms with Gasteiger partial charge in [-0.15, -0.1) is 0 Å². The first-order chi connectivity index (χ1) is 8.17. The van der Waals surface area contributed by atoms with Gasteiger partial charge in [0.2, 0.25) is 0 Å². The topological polar surface area (TPSA) is 76.1 Å². The maximum atomic E-state index is 11.7. The average molecular weight is 238 g/mol. The minimum Gasteiger partial charge on any atom is -0.380 e. The first-order valence-electron chi connectivity index (χ1n) is 5.55. The molecule has 17 heavy (non-hydrogen) atoms. The van der Waals surface area contributed by atoms with Gasteiger partial charge in [0.1, 0.15) is 11.5 Å². The van der Waals surface area contributed by atoms with Gasteiger partial charge in [-0.2, -0.15) is 0 Å². The minimum absolute atomic E-state index is 0.0479. The van der Waals surface area contributed by atoms with Crippen LogP contribution in [-0.2, 0) is 4.74 Å². The summed E-state index contributed by atoms with van der Waals surface area (Å²) in [6.07, 6.45) is 2.96. The zero-order valence-electron chi connectivity index (χ0n) is 10.4.